The molecule has 3 unspecified atom stereocenters. The van der Waals surface area contributed by atoms with Crippen LogP contribution in [0.2, 0.25) is 0 Å². The van der Waals surface area contributed by atoms with Crippen molar-refractivity contribution in [1.82, 2.24) is 19.6 Å². The Balaban J connectivity index is 1.53. The Hall–Kier alpha value is -4.05. The Bertz CT molecular complexity index is 1410. The number of nitrogens with zero attached hydrogens (tertiary/aromatic N) is 5. The second-order valence-electron chi connectivity index (χ2n) is 8.98. The standard InChI is InChI=1S/C23H24N8O6S2/c1-2-3-4-9-37-28-13(17-26-23(25)39-29-17)19(33)27-18(30-7-5-10(6-8-30)22(35)36)11-14(16(24)32)31-20(34)12-15(11)38-21(12)31/h5-8,12,15,18,21H,2-4,9H2,1H3,(H5-,24,25,26,27,29,32,33,35,36)/t12?,15?,18?,21-/m0/s1. The van der Waals surface area contributed by atoms with Gasteiger partial charge in [0.05, 0.1) is 28.1 Å². The summed E-state index contributed by atoms with van der Waals surface area (Å²) < 4.78 is 5.58. The Labute approximate surface area is 230 Å². The molecule has 5 aliphatic rings. The molecular weight excluding hydrogens is 548 g/mol. The fraction of sp³-hybridized carbons (Fsp3) is 0.391. The van der Waals surface area contributed by atoms with Gasteiger partial charge in [0.15, 0.2) is 17.5 Å². The molecule has 0 radical (unpaired) electrons. The van der Waals surface area contributed by atoms with Gasteiger partial charge in [-0.25, -0.2) is 0 Å². The number of nitrogen functional groups attached to an aromatic ring is 1. The van der Waals surface area contributed by atoms with Crippen LogP contribution >= 0.6 is 23.3 Å². The van der Waals surface area contributed by atoms with Gasteiger partial charge >= 0.3 is 0 Å². The summed E-state index contributed by atoms with van der Waals surface area (Å²) in [7, 11) is 0. The van der Waals surface area contributed by atoms with Gasteiger partial charge in [-0.1, -0.05) is 24.9 Å². The number of amides is 3. The molecule has 204 valence electrons. The third-order valence-corrected chi connectivity index (χ3v) is 8.73. The lowest BCUT2D eigenvalue weighted by molar-refractivity contribution is -0.718. The second-order valence-corrected chi connectivity index (χ2v) is 11.0. The lowest BCUT2D eigenvalue weighted by atomic mass is 9.79. The number of pyridine rings is 1. The van der Waals surface area contributed by atoms with Crippen LogP contribution < -0.4 is 26.5 Å². The number of rotatable bonds is 12. The molecule has 5 N–H and O–H groups in total. The molecule has 14 nitrogen and oxygen atoms in total. The molecule has 39 heavy (non-hydrogen) atoms. The van der Waals surface area contributed by atoms with Crippen molar-refractivity contribution in [1.29, 1.82) is 0 Å². The van der Waals surface area contributed by atoms with Gasteiger partial charge in [0.2, 0.25) is 17.4 Å². The summed E-state index contributed by atoms with van der Waals surface area (Å²) in [5, 5.41) is 17.6. The first kappa shape index (κ1) is 26.6. The van der Waals surface area contributed by atoms with Gasteiger partial charge in [0.1, 0.15) is 12.3 Å². The highest BCUT2D eigenvalue weighted by Gasteiger charge is 2.69. The first-order chi connectivity index (χ1) is 18.7. The van der Waals surface area contributed by atoms with Crippen molar-refractivity contribution in [2.24, 2.45) is 16.8 Å². The molecule has 2 aromatic rings. The minimum atomic E-state index is -1.38. The van der Waals surface area contributed by atoms with Crippen LogP contribution in [-0.2, 0) is 19.2 Å². The van der Waals surface area contributed by atoms with Crippen LogP contribution in [0.25, 0.3) is 0 Å². The number of carboxylic acid groups (broad SMARTS) is 1. The predicted molar refractivity (Wildman–Crippen MR) is 136 cm³/mol. The Kier molecular flexibility index (Phi) is 7.22. The number of thioether (sulfide) groups is 1. The topological polar surface area (TPSA) is 210 Å². The largest absolute Gasteiger partial charge is 0.545 e. The van der Waals surface area contributed by atoms with E-state index < -0.39 is 29.2 Å². The van der Waals surface area contributed by atoms with Crippen molar-refractivity contribution in [3.8, 4) is 0 Å². The second kappa shape index (κ2) is 10.6. The Morgan fingerprint density at radius 1 is 1.31 bits per heavy atom. The van der Waals surface area contributed by atoms with Gasteiger partial charge < -0.3 is 26.2 Å². The third-order valence-electron chi connectivity index (χ3n) is 6.56. The highest BCUT2D eigenvalue weighted by molar-refractivity contribution is 8.02. The number of aromatic nitrogens is 3. The maximum Gasteiger partial charge on any atom is 0.282 e. The number of hydrogen-bond donors (Lipinski definition) is 3. The summed E-state index contributed by atoms with van der Waals surface area (Å²) in [4.78, 5) is 60.8. The normalized spacial score (nSPS) is 22.1. The SMILES string of the molecule is CCCCCON=C(C(=O)NC(C1=C(C(N)=O)N2C(=O)C3C1S[C@@H]32)[n+]1ccc(C(=O)[O-])cc1)c1nsc(N)n1. The molecule has 0 aliphatic carbocycles. The molecular formula is C23H24N8O6S2. The van der Waals surface area contributed by atoms with Gasteiger partial charge in [-0.3, -0.25) is 24.6 Å². The van der Waals surface area contributed by atoms with Crippen LogP contribution in [-0.4, -0.2) is 60.9 Å². The van der Waals surface area contributed by atoms with Crippen molar-refractivity contribution < 1.29 is 33.7 Å². The van der Waals surface area contributed by atoms with Crippen LogP contribution in [0.4, 0.5) is 5.13 Å². The maximum absolute atomic E-state index is 13.6. The van der Waals surface area contributed by atoms with Crippen molar-refractivity contribution >= 4 is 57.8 Å². The number of carbonyl (C=O) groups is 4. The van der Waals surface area contributed by atoms with Crippen LogP contribution in [0.15, 0.2) is 41.0 Å². The predicted octanol–water partition coefficient (Wildman–Crippen LogP) is -1.35. The first-order valence-electron chi connectivity index (χ1n) is 12.1. The molecule has 2 aromatic heterocycles. The van der Waals surface area contributed by atoms with Crippen LogP contribution in [0, 0.1) is 5.92 Å². The third kappa shape index (κ3) is 4.69. The minimum Gasteiger partial charge on any atom is -0.545 e. The molecule has 2 fully saturated rings. The van der Waals surface area contributed by atoms with E-state index in [0.717, 1.165) is 30.8 Å². The van der Waals surface area contributed by atoms with E-state index in [4.69, 9.17) is 16.3 Å². The number of nitrogens with one attached hydrogen (secondary N) is 1. The zero-order valence-corrected chi connectivity index (χ0v) is 22.2. The van der Waals surface area contributed by atoms with Gasteiger partial charge in [-0.15, -0.1) is 11.8 Å². The molecule has 0 spiro atoms. The number of hydrogen-bond acceptors (Lipinski definition) is 12. The number of β-lactam (4-membered cyclic amide) rings is 1. The highest BCUT2D eigenvalue weighted by atomic mass is 32.2. The zero-order chi connectivity index (χ0) is 27.8. The molecule has 2 saturated heterocycles. The van der Waals surface area contributed by atoms with E-state index in [0.29, 0.717) is 5.57 Å². The van der Waals surface area contributed by atoms with E-state index >= 15 is 0 Å². The van der Waals surface area contributed by atoms with Crippen LogP contribution in [0.3, 0.4) is 0 Å². The molecule has 4 atom stereocenters. The summed E-state index contributed by atoms with van der Waals surface area (Å²) in [6.07, 6.45) is 4.39. The average molecular weight is 573 g/mol. The summed E-state index contributed by atoms with van der Waals surface area (Å²) in [6, 6.07) is 2.58. The van der Waals surface area contributed by atoms with Gasteiger partial charge in [-0.2, -0.15) is 13.9 Å². The number of aromatic carboxylic acids is 1. The monoisotopic (exact) mass is 572 g/mol. The number of primary amides is 1. The first-order valence-corrected chi connectivity index (χ1v) is 13.8. The van der Waals surface area contributed by atoms with Crippen molar-refractivity contribution in [2.75, 3.05) is 12.3 Å². The van der Waals surface area contributed by atoms with Crippen molar-refractivity contribution in [3.63, 3.8) is 0 Å². The number of oxime groups is 1. The Morgan fingerprint density at radius 3 is 2.64 bits per heavy atom. The number of anilines is 1. The molecule has 5 aliphatic heterocycles. The fourth-order valence-corrected chi connectivity index (χ4v) is 6.73. The lowest BCUT2D eigenvalue weighted by Gasteiger charge is -2.63. The van der Waals surface area contributed by atoms with Crippen molar-refractivity contribution in [2.45, 2.75) is 43.0 Å². The molecule has 7 rings (SSSR count). The van der Waals surface area contributed by atoms with E-state index in [1.807, 2.05) is 6.92 Å². The minimum absolute atomic E-state index is 0.00311. The summed E-state index contributed by atoms with van der Waals surface area (Å²) >= 11 is 2.35. The van der Waals surface area contributed by atoms with E-state index in [1.54, 1.807) is 0 Å². The number of carboxylic acids is 1. The quantitative estimate of drug-likeness (QED) is 0.0895. The molecule has 0 aromatic carbocycles. The van der Waals surface area contributed by atoms with Gasteiger partial charge in [-0.05, 0) is 6.42 Å². The van der Waals surface area contributed by atoms with Crippen molar-refractivity contribution in [3.05, 3.63) is 47.2 Å². The number of nitrogens with two attached hydrogens (primary N) is 2. The summed E-state index contributed by atoms with van der Waals surface area (Å²) in [5.41, 5.74) is 11.5. The molecule has 3 amide bonds. The number of unbranched alkanes of at least 4 members (excludes halogenated alkanes) is 2. The smallest absolute Gasteiger partial charge is 0.282 e. The highest BCUT2D eigenvalue weighted by Crippen LogP contribution is 2.62. The molecule has 4 bridgehead atoms. The number of carbonyl (C=O) groups excluding carboxylic acids is 4. The molecule has 7 heterocycles. The van der Waals surface area contributed by atoms with E-state index in [9.17, 15) is 24.3 Å². The van der Waals surface area contributed by atoms with E-state index in [2.05, 4.69) is 19.8 Å². The van der Waals surface area contributed by atoms with E-state index in [-0.39, 0.29) is 51.7 Å². The maximum atomic E-state index is 13.6. The van der Waals surface area contributed by atoms with Crippen LogP contribution in [0.1, 0.15) is 48.5 Å². The lowest BCUT2D eigenvalue weighted by Crippen LogP contribution is -2.75. The Morgan fingerprint density at radius 2 is 2.05 bits per heavy atom. The summed E-state index contributed by atoms with van der Waals surface area (Å²) in [5.74, 6) is -3.54. The van der Waals surface area contributed by atoms with E-state index in [1.165, 1.54) is 45.8 Å². The van der Waals surface area contributed by atoms with Crippen LogP contribution in [0.5, 0.6) is 0 Å². The molecule has 16 heteroatoms. The summed E-state index contributed by atoms with van der Waals surface area (Å²) in [6.45, 7) is 2.31. The molecule has 0 saturated carbocycles. The average Bonchev–Trinajstić information content (AvgIpc) is 3.33. The fourth-order valence-electron chi connectivity index (χ4n) is 4.67. The zero-order valence-electron chi connectivity index (χ0n) is 20.6. The van der Waals surface area contributed by atoms with Gasteiger partial charge in [0.25, 0.3) is 18.0 Å². The van der Waals surface area contributed by atoms with Gasteiger partial charge in [0, 0.05) is 29.2 Å².